The average Bonchev–Trinajstić information content (AvgIpc) is 2.78. The van der Waals surface area contributed by atoms with Gasteiger partial charge in [0.05, 0.1) is 0 Å². The van der Waals surface area contributed by atoms with Crippen molar-refractivity contribution in [2.45, 2.75) is 38.2 Å². The first-order valence-electron chi connectivity index (χ1n) is 7.45. The molecule has 5 heteroatoms. The molecule has 1 amide bonds. The molecule has 19 heavy (non-hydrogen) atoms. The van der Waals surface area contributed by atoms with Crippen molar-refractivity contribution in [1.82, 2.24) is 10.2 Å². The summed E-state index contributed by atoms with van der Waals surface area (Å²) in [5, 5.41) is 3.47. The predicted molar refractivity (Wildman–Crippen MR) is 76.5 cm³/mol. The van der Waals surface area contributed by atoms with Gasteiger partial charge in [0.15, 0.2) is 0 Å². The van der Waals surface area contributed by atoms with Crippen LogP contribution in [0.25, 0.3) is 0 Å². The van der Waals surface area contributed by atoms with Gasteiger partial charge in [0.25, 0.3) is 5.91 Å². The fourth-order valence-corrected chi connectivity index (χ4v) is 3.58. The van der Waals surface area contributed by atoms with Gasteiger partial charge in [0.2, 0.25) is 0 Å². The van der Waals surface area contributed by atoms with Crippen LogP contribution in [-0.4, -0.2) is 49.7 Å². The van der Waals surface area contributed by atoms with Gasteiger partial charge in [-0.25, -0.2) is 0 Å². The van der Waals surface area contributed by atoms with E-state index in [1.807, 2.05) is 0 Å². The normalized spacial score (nSPS) is 35.2. The molecule has 0 aliphatic carbocycles. The minimum Gasteiger partial charge on any atom is -0.368 e. The van der Waals surface area contributed by atoms with Gasteiger partial charge in [-0.05, 0) is 57.0 Å². The highest BCUT2D eigenvalue weighted by Gasteiger charge is 2.33. The van der Waals surface area contributed by atoms with Crippen molar-refractivity contribution in [3.63, 3.8) is 0 Å². The quantitative estimate of drug-likeness (QED) is 0.794. The number of carbonyl (C=O) groups is 1. The first-order valence-corrected chi connectivity index (χ1v) is 7.45. The number of nitrogens with one attached hydrogen (secondary N) is 1. The Morgan fingerprint density at radius 3 is 2.32 bits per heavy atom. The molecule has 1 N–H and O–H groups in total. The van der Waals surface area contributed by atoms with E-state index in [2.05, 4.69) is 10.2 Å². The Morgan fingerprint density at radius 2 is 1.74 bits per heavy atom. The van der Waals surface area contributed by atoms with Crippen molar-refractivity contribution in [3.8, 4) is 0 Å². The van der Waals surface area contributed by atoms with Gasteiger partial charge < -0.3 is 15.0 Å². The lowest BCUT2D eigenvalue weighted by Crippen LogP contribution is -2.42. The summed E-state index contributed by atoms with van der Waals surface area (Å²) in [4.78, 5) is 14.5. The van der Waals surface area contributed by atoms with Crippen molar-refractivity contribution < 1.29 is 9.53 Å². The number of halogens is 1. The second kappa shape index (κ2) is 6.91. The first-order chi connectivity index (χ1) is 8.84. The molecule has 1 unspecified atom stereocenters. The predicted octanol–water partition coefficient (Wildman–Crippen LogP) is 1.44. The fraction of sp³-hybridized carbons (Fsp3) is 0.929. The number of hydrogen-bond acceptors (Lipinski definition) is 3. The minimum atomic E-state index is -0.144. The summed E-state index contributed by atoms with van der Waals surface area (Å²) >= 11 is 0. The average molecular weight is 289 g/mol. The largest absolute Gasteiger partial charge is 0.368 e. The molecule has 0 aromatic carbocycles. The molecule has 0 radical (unpaired) electrons. The van der Waals surface area contributed by atoms with Crippen LogP contribution in [0.15, 0.2) is 0 Å². The molecule has 0 spiro atoms. The summed E-state index contributed by atoms with van der Waals surface area (Å²) in [6.07, 6.45) is 5.35. The third-order valence-corrected chi connectivity index (χ3v) is 4.79. The van der Waals surface area contributed by atoms with Gasteiger partial charge in [0, 0.05) is 19.7 Å². The lowest BCUT2D eigenvalue weighted by atomic mass is 9.92. The number of nitrogens with zero attached hydrogens (tertiary/aromatic N) is 1. The van der Waals surface area contributed by atoms with Gasteiger partial charge in [-0.2, -0.15) is 0 Å². The molecule has 3 fully saturated rings. The molecule has 0 saturated carbocycles. The molecule has 3 atom stereocenters. The third kappa shape index (κ3) is 3.41. The Hall–Kier alpha value is -0.320. The monoisotopic (exact) mass is 288 g/mol. The smallest absolute Gasteiger partial charge is 0.251 e. The molecular formula is C14H25ClN2O2. The maximum atomic E-state index is 12.4. The van der Waals surface area contributed by atoms with Gasteiger partial charge in [-0.15, -0.1) is 12.4 Å². The van der Waals surface area contributed by atoms with Gasteiger partial charge in [-0.3, -0.25) is 4.79 Å². The van der Waals surface area contributed by atoms with Crippen LogP contribution in [0, 0.1) is 11.8 Å². The number of fused-ring (bicyclic) bond motifs is 1. The lowest BCUT2D eigenvalue weighted by molar-refractivity contribution is -0.146. The molecule has 0 aromatic rings. The molecular weight excluding hydrogens is 264 g/mol. The van der Waals surface area contributed by atoms with Crippen LogP contribution in [0.1, 0.15) is 32.1 Å². The van der Waals surface area contributed by atoms with E-state index >= 15 is 0 Å². The van der Waals surface area contributed by atoms with Crippen LogP contribution in [0.5, 0.6) is 0 Å². The van der Waals surface area contributed by atoms with Gasteiger partial charge in [0.1, 0.15) is 6.10 Å². The maximum Gasteiger partial charge on any atom is 0.251 e. The van der Waals surface area contributed by atoms with Crippen molar-refractivity contribution >= 4 is 18.3 Å². The summed E-state index contributed by atoms with van der Waals surface area (Å²) in [5.41, 5.74) is 0. The summed E-state index contributed by atoms with van der Waals surface area (Å²) in [7, 11) is 0. The van der Waals surface area contributed by atoms with E-state index < -0.39 is 0 Å². The van der Waals surface area contributed by atoms with E-state index in [1.165, 1.54) is 0 Å². The number of rotatable bonds is 1. The van der Waals surface area contributed by atoms with Crippen LogP contribution in [-0.2, 0) is 9.53 Å². The van der Waals surface area contributed by atoms with Crippen LogP contribution in [0.2, 0.25) is 0 Å². The summed E-state index contributed by atoms with van der Waals surface area (Å²) < 4.78 is 5.62. The topological polar surface area (TPSA) is 41.6 Å². The molecule has 4 nitrogen and oxygen atoms in total. The number of amides is 1. The molecule has 3 heterocycles. The Balaban J connectivity index is 0.00000133. The Kier molecular flexibility index (Phi) is 5.48. The highest BCUT2D eigenvalue weighted by Crippen LogP contribution is 2.28. The van der Waals surface area contributed by atoms with Gasteiger partial charge in [-0.1, -0.05) is 0 Å². The summed E-state index contributed by atoms with van der Waals surface area (Å²) in [6, 6.07) is 0. The number of likely N-dealkylation sites (tertiary alicyclic amines) is 1. The van der Waals surface area contributed by atoms with Crippen molar-refractivity contribution in [2.24, 2.45) is 11.8 Å². The second-order valence-corrected chi connectivity index (χ2v) is 5.94. The van der Waals surface area contributed by atoms with E-state index in [0.717, 1.165) is 76.7 Å². The first kappa shape index (κ1) is 15.1. The molecule has 0 aromatic heterocycles. The third-order valence-electron chi connectivity index (χ3n) is 4.79. The molecule has 3 aliphatic heterocycles. The Bertz CT molecular complexity index is 294. The van der Waals surface area contributed by atoms with E-state index in [4.69, 9.17) is 4.74 Å². The Labute approximate surface area is 121 Å². The zero-order valence-corrected chi connectivity index (χ0v) is 12.3. The Morgan fingerprint density at radius 1 is 1.05 bits per heavy atom. The van der Waals surface area contributed by atoms with E-state index in [-0.39, 0.29) is 24.4 Å². The van der Waals surface area contributed by atoms with Crippen LogP contribution in [0.3, 0.4) is 0 Å². The van der Waals surface area contributed by atoms with Crippen LogP contribution >= 0.6 is 12.4 Å². The van der Waals surface area contributed by atoms with Crippen LogP contribution < -0.4 is 5.32 Å². The summed E-state index contributed by atoms with van der Waals surface area (Å²) in [6.45, 7) is 4.92. The van der Waals surface area contributed by atoms with Crippen molar-refractivity contribution in [1.29, 1.82) is 0 Å². The second-order valence-electron chi connectivity index (χ2n) is 5.94. The van der Waals surface area contributed by atoms with Crippen LogP contribution in [0.4, 0.5) is 0 Å². The van der Waals surface area contributed by atoms with Crippen molar-refractivity contribution in [2.75, 3.05) is 32.8 Å². The zero-order chi connectivity index (χ0) is 12.4. The lowest BCUT2D eigenvalue weighted by Gasteiger charge is -2.28. The molecule has 3 aliphatic rings. The fourth-order valence-electron chi connectivity index (χ4n) is 3.58. The molecule has 0 bridgehead atoms. The van der Waals surface area contributed by atoms with E-state index in [0.29, 0.717) is 0 Å². The molecule has 3 saturated heterocycles. The highest BCUT2D eigenvalue weighted by atomic mass is 35.5. The standard InChI is InChI=1S/C14H24N2O2.ClH/c17-14(13-3-1-2-8-18-13)16-6-4-11-9-15-10-12(11)5-7-16;/h11-13,15H,1-10H2;1H/t11-,12+,13?;. The van der Waals surface area contributed by atoms with E-state index in [9.17, 15) is 4.79 Å². The number of hydrogen-bond donors (Lipinski definition) is 1. The summed E-state index contributed by atoms with van der Waals surface area (Å²) in [5.74, 6) is 1.83. The number of ether oxygens (including phenoxy) is 1. The maximum absolute atomic E-state index is 12.4. The molecule has 110 valence electrons. The van der Waals surface area contributed by atoms with Gasteiger partial charge >= 0.3 is 0 Å². The SMILES string of the molecule is Cl.O=C(C1CCCCO1)N1CC[C@@H]2CNC[C@@H]2CC1. The minimum absolute atomic E-state index is 0. The van der Waals surface area contributed by atoms with Crippen molar-refractivity contribution in [3.05, 3.63) is 0 Å². The molecule has 3 rings (SSSR count). The van der Waals surface area contributed by atoms with E-state index in [1.54, 1.807) is 0 Å². The highest BCUT2D eigenvalue weighted by molar-refractivity contribution is 5.85. The zero-order valence-electron chi connectivity index (χ0n) is 11.5. The number of carbonyl (C=O) groups excluding carboxylic acids is 1.